The molecule has 0 spiro atoms. The fourth-order valence-corrected chi connectivity index (χ4v) is 3.65. The molecule has 21 heavy (non-hydrogen) atoms. The third kappa shape index (κ3) is 2.98. The first-order valence-corrected chi connectivity index (χ1v) is 8.03. The van der Waals surface area contributed by atoms with Gasteiger partial charge >= 0.3 is 5.97 Å². The summed E-state index contributed by atoms with van der Waals surface area (Å²) in [5, 5.41) is 9.58. The van der Waals surface area contributed by atoms with Crippen molar-refractivity contribution >= 4 is 11.9 Å². The summed E-state index contributed by atoms with van der Waals surface area (Å²) < 4.78 is 0. The number of hydrogen-bond acceptors (Lipinski definition) is 3. The Labute approximate surface area is 126 Å². The molecule has 118 valence electrons. The number of likely N-dealkylation sites (N-methyl/N-ethyl adjacent to an activating group) is 1. The van der Waals surface area contributed by atoms with Crippen molar-refractivity contribution in [2.75, 3.05) is 19.6 Å². The van der Waals surface area contributed by atoms with Gasteiger partial charge in [-0.05, 0) is 52.0 Å². The maximum Gasteiger partial charge on any atom is 0.324 e. The Kier molecular flexibility index (Phi) is 5.04. The fourth-order valence-electron chi connectivity index (χ4n) is 3.65. The Morgan fingerprint density at radius 3 is 2.67 bits per heavy atom. The highest BCUT2D eigenvalue weighted by Crippen LogP contribution is 2.33. The number of allylic oxidation sites excluding steroid dienone is 2. The third-order valence-electron chi connectivity index (χ3n) is 4.91. The average molecular weight is 294 g/mol. The van der Waals surface area contributed by atoms with Gasteiger partial charge in [-0.3, -0.25) is 14.5 Å². The number of rotatable bonds is 6. The van der Waals surface area contributed by atoms with Crippen LogP contribution in [0.5, 0.6) is 0 Å². The Bertz CT molecular complexity index is 447. The number of nitrogens with zero attached hydrogens (tertiary/aromatic N) is 2. The lowest BCUT2D eigenvalue weighted by molar-refractivity contribution is -0.151. The molecule has 5 nitrogen and oxygen atoms in total. The van der Waals surface area contributed by atoms with E-state index in [-0.39, 0.29) is 12.5 Å². The number of aliphatic carboxylic acids is 1. The zero-order valence-electron chi connectivity index (χ0n) is 13.1. The van der Waals surface area contributed by atoms with Gasteiger partial charge < -0.3 is 10.0 Å². The summed E-state index contributed by atoms with van der Waals surface area (Å²) in [6.07, 6.45) is 7.27. The summed E-state index contributed by atoms with van der Waals surface area (Å²) >= 11 is 0. The molecule has 5 heteroatoms. The lowest BCUT2D eigenvalue weighted by atomic mass is 9.93. The predicted molar refractivity (Wildman–Crippen MR) is 80.8 cm³/mol. The molecule has 0 aromatic heterocycles. The van der Waals surface area contributed by atoms with E-state index in [2.05, 4.69) is 6.08 Å². The Hall–Kier alpha value is -1.36. The van der Waals surface area contributed by atoms with Crippen LogP contribution in [-0.4, -0.2) is 52.0 Å². The quantitative estimate of drug-likeness (QED) is 0.816. The van der Waals surface area contributed by atoms with Crippen LogP contribution in [0.3, 0.4) is 0 Å². The van der Waals surface area contributed by atoms with Gasteiger partial charge in [0.1, 0.15) is 5.54 Å². The van der Waals surface area contributed by atoms with Gasteiger partial charge in [-0.15, -0.1) is 0 Å². The van der Waals surface area contributed by atoms with Gasteiger partial charge in [-0.25, -0.2) is 0 Å². The van der Waals surface area contributed by atoms with Crippen LogP contribution in [0.1, 0.15) is 52.4 Å². The van der Waals surface area contributed by atoms with Crippen LogP contribution in [0.2, 0.25) is 0 Å². The molecule has 1 heterocycles. The second kappa shape index (κ2) is 6.60. The van der Waals surface area contributed by atoms with Crippen molar-refractivity contribution in [2.24, 2.45) is 0 Å². The number of likely N-dealkylation sites (tertiary alicyclic amines) is 1. The SMILES string of the molecule is CCN(C(=O)CN1CCCC1(CC)C(=O)O)C1=CCCC1. The summed E-state index contributed by atoms with van der Waals surface area (Å²) in [5.74, 6) is -0.759. The highest BCUT2D eigenvalue weighted by Gasteiger charge is 2.47. The molecular formula is C16H26N2O3. The number of carbonyl (C=O) groups excluding carboxylic acids is 1. The van der Waals surface area contributed by atoms with Crippen molar-refractivity contribution in [3.63, 3.8) is 0 Å². The summed E-state index contributed by atoms with van der Waals surface area (Å²) in [6.45, 7) is 5.44. The molecule has 1 aliphatic carbocycles. The minimum atomic E-state index is -0.848. The van der Waals surface area contributed by atoms with Crippen molar-refractivity contribution in [1.29, 1.82) is 0 Å². The molecule has 1 saturated heterocycles. The van der Waals surface area contributed by atoms with E-state index in [0.29, 0.717) is 25.9 Å². The molecule has 1 fully saturated rings. The predicted octanol–water partition coefficient (Wildman–Crippen LogP) is 2.23. The average Bonchev–Trinajstić information content (AvgIpc) is 3.09. The Morgan fingerprint density at radius 1 is 1.38 bits per heavy atom. The summed E-state index contributed by atoms with van der Waals surface area (Å²) in [5.41, 5.74) is 0.262. The van der Waals surface area contributed by atoms with Gasteiger partial charge in [0.15, 0.2) is 0 Å². The second-order valence-electron chi connectivity index (χ2n) is 5.94. The minimum Gasteiger partial charge on any atom is -0.480 e. The molecule has 0 saturated carbocycles. The fraction of sp³-hybridized carbons (Fsp3) is 0.750. The monoisotopic (exact) mass is 294 g/mol. The molecule has 0 aromatic carbocycles. The van der Waals surface area contributed by atoms with Crippen LogP contribution in [0.4, 0.5) is 0 Å². The first-order chi connectivity index (χ1) is 10.0. The lowest BCUT2D eigenvalue weighted by Crippen LogP contribution is -2.53. The molecule has 1 atom stereocenters. The lowest BCUT2D eigenvalue weighted by Gasteiger charge is -2.35. The van der Waals surface area contributed by atoms with Gasteiger partial charge in [0, 0.05) is 12.2 Å². The Morgan fingerprint density at radius 2 is 2.14 bits per heavy atom. The first-order valence-electron chi connectivity index (χ1n) is 8.03. The number of amides is 1. The van der Waals surface area contributed by atoms with Crippen LogP contribution in [0, 0.1) is 0 Å². The number of hydrogen-bond donors (Lipinski definition) is 1. The largest absolute Gasteiger partial charge is 0.480 e. The van der Waals surface area contributed by atoms with Gasteiger partial charge in [-0.2, -0.15) is 0 Å². The zero-order valence-corrected chi connectivity index (χ0v) is 13.1. The van der Waals surface area contributed by atoms with E-state index >= 15 is 0 Å². The van der Waals surface area contributed by atoms with E-state index in [9.17, 15) is 14.7 Å². The van der Waals surface area contributed by atoms with Crippen LogP contribution in [0.25, 0.3) is 0 Å². The zero-order chi connectivity index (χ0) is 15.5. The summed E-state index contributed by atoms with van der Waals surface area (Å²) in [4.78, 5) is 28.0. The molecule has 1 unspecified atom stereocenters. The molecule has 0 bridgehead atoms. The van der Waals surface area contributed by atoms with E-state index in [1.807, 2.05) is 23.6 Å². The third-order valence-corrected chi connectivity index (χ3v) is 4.91. The smallest absolute Gasteiger partial charge is 0.324 e. The van der Waals surface area contributed by atoms with E-state index in [1.165, 1.54) is 0 Å². The van der Waals surface area contributed by atoms with Gasteiger partial charge in [0.05, 0.1) is 6.54 Å². The maximum atomic E-state index is 12.6. The van der Waals surface area contributed by atoms with E-state index < -0.39 is 11.5 Å². The Balaban J connectivity index is 2.08. The number of carboxylic acids is 1. The summed E-state index contributed by atoms with van der Waals surface area (Å²) in [7, 11) is 0. The van der Waals surface area contributed by atoms with Crippen LogP contribution < -0.4 is 0 Å². The minimum absolute atomic E-state index is 0.0339. The van der Waals surface area contributed by atoms with Crippen LogP contribution in [-0.2, 0) is 9.59 Å². The molecule has 0 aromatic rings. The molecule has 2 aliphatic rings. The normalized spacial score (nSPS) is 25.9. The van der Waals surface area contributed by atoms with Crippen molar-refractivity contribution in [3.8, 4) is 0 Å². The topological polar surface area (TPSA) is 60.9 Å². The first kappa shape index (κ1) is 16.0. The number of carbonyl (C=O) groups is 2. The standard InChI is InChI=1S/C16H26N2O3/c1-3-16(15(20)21)10-7-11-17(16)12-14(19)18(4-2)13-8-5-6-9-13/h8H,3-7,9-12H2,1-2H3,(H,20,21). The second-order valence-corrected chi connectivity index (χ2v) is 5.94. The van der Waals surface area contributed by atoms with Crippen molar-refractivity contribution < 1.29 is 14.7 Å². The van der Waals surface area contributed by atoms with E-state index in [1.54, 1.807) is 0 Å². The highest BCUT2D eigenvalue weighted by atomic mass is 16.4. The van der Waals surface area contributed by atoms with Crippen LogP contribution in [0.15, 0.2) is 11.8 Å². The molecule has 1 N–H and O–H groups in total. The van der Waals surface area contributed by atoms with Crippen LogP contribution >= 0.6 is 0 Å². The highest BCUT2D eigenvalue weighted by molar-refractivity contribution is 5.83. The van der Waals surface area contributed by atoms with Gasteiger partial charge in [-0.1, -0.05) is 13.0 Å². The van der Waals surface area contributed by atoms with Gasteiger partial charge in [0.25, 0.3) is 0 Å². The van der Waals surface area contributed by atoms with Crippen molar-refractivity contribution in [3.05, 3.63) is 11.8 Å². The van der Waals surface area contributed by atoms with Gasteiger partial charge in [0.2, 0.25) is 5.91 Å². The molecule has 2 rings (SSSR count). The maximum absolute atomic E-state index is 12.6. The van der Waals surface area contributed by atoms with Crippen molar-refractivity contribution in [1.82, 2.24) is 9.80 Å². The number of carboxylic acid groups (broad SMARTS) is 1. The molecule has 1 amide bonds. The summed E-state index contributed by atoms with van der Waals surface area (Å²) in [6, 6.07) is 0. The van der Waals surface area contributed by atoms with Crippen molar-refractivity contribution in [2.45, 2.75) is 57.9 Å². The molecular weight excluding hydrogens is 268 g/mol. The van der Waals surface area contributed by atoms with E-state index in [4.69, 9.17) is 0 Å². The van der Waals surface area contributed by atoms with E-state index in [0.717, 1.165) is 31.4 Å². The molecule has 1 aliphatic heterocycles. The molecule has 0 radical (unpaired) electrons.